The number of ether oxygens (including phenoxy) is 2. The van der Waals surface area contributed by atoms with Gasteiger partial charge in [0.25, 0.3) is 0 Å². The highest BCUT2D eigenvalue weighted by Crippen LogP contribution is 2.30. The molecule has 0 aliphatic carbocycles. The van der Waals surface area contributed by atoms with Crippen molar-refractivity contribution in [3.63, 3.8) is 0 Å². The molecular weight excluding hydrogens is 360 g/mol. The molecule has 3 aromatic rings. The fourth-order valence-electron chi connectivity index (χ4n) is 2.15. The molecule has 1 aromatic heterocycles. The van der Waals surface area contributed by atoms with Crippen LogP contribution in [0, 0.1) is 0 Å². The lowest BCUT2D eigenvalue weighted by atomic mass is 10.2. The van der Waals surface area contributed by atoms with Crippen LogP contribution >= 0.6 is 22.9 Å². The van der Waals surface area contributed by atoms with Crippen molar-refractivity contribution >= 4 is 34.6 Å². The van der Waals surface area contributed by atoms with E-state index in [0.29, 0.717) is 28.1 Å². The van der Waals surface area contributed by atoms with Crippen LogP contribution in [0.5, 0.6) is 11.5 Å². The van der Waals surface area contributed by atoms with E-state index in [9.17, 15) is 4.79 Å². The zero-order valence-corrected chi connectivity index (χ0v) is 14.9. The van der Waals surface area contributed by atoms with Crippen molar-refractivity contribution in [3.8, 4) is 11.5 Å². The Morgan fingerprint density at radius 3 is 2.64 bits per heavy atom. The van der Waals surface area contributed by atoms with Crippen molar-refractivity contribution in [2.75, 3.05) is 12.4 Å². The Morgan fingerprint density at radius 1 is 1.20 bits per heavy atom. The summed E-state index contributed by atoms with van der Waals surface area (Å²) in [4.78, 5) is 16.5. The summed E-state index contributed by atoms with van der Waals surface area (Å²) in [6, 6.07) is 14.4. The van der Waals surface area contributed by atoms with Gasteiger partial charge in [-0.15, -0.1) is 11.3 Å². The molecule has 0 bridgehead atoms. The quantitative estimate of drug-likeness (QED) is 0.616. The zero-order chi connectivity index (χ0) is 17.6. The van der Waals surface area contributed by atoms with Crippen LogP contribution in [0.1, 0.15) is 15.2 Å². The Balaban J connectivity index is 1.71. The summed E-state index contributed by atoms with van der Waals surface area (Å²) in [5.74, 6) is 0.934. The first-order valence-corrected chi connectivity index (χ1v) is 8.64. The van der Waals surface area contributed by atoms with E-state index in [1.165, 1.54) is 18.4 Å². The molecule has 5 nitrogen and oxygen atoms in total. The predicted octanol–water partition coefficient (Wildman–Crippen LogP) is 4.99. The average Bonchev–Trinajstić information content (AvgIpc) is 3.06. The van der Waals surface area contributed by atoms with Gasteiger partial charge in [-0.3, -0.25) is 0 Å². The molecule has 128 valence electrons. The van der Waals surface area contributed by atoms with Crippen molar-refractivity contribution < 1.29 is 14.3 Å². The summed E-state index contributed by atoms with van der Waals surface area (Å²) >= 11 is 7.28. The highest BCUT2D eigenvalue weighted by Gasteiger charge is 2.08. The third-order valence-corrected chi connectivity index (χ3v) is 4.48. The SMILES string of the molecule is COC(=O)c1ccc(Oc2ccccc2NCc2cnc(Cl)s2)cc1. The molecule has 0 aliphatic heterocycles. The van der Waals surface area contributed by atoms with Crippen LogP contribution in [-0.2, 0) is 11.3 Å². The predicted molar refractivity (Wildman–Crippen MR) is 98.7 cm³/mol. The van der Waals surface area contributed by atoms with Gasteiger partial charge in [0.15, 0.2) is 10.2 Å². The van der Waals surface area contributed by atoms with Gasteiger partial charge in [-0.1, -0.05) is 23.7 Å². The largest absolute Gasteiger partial charge is 0.465 e. The van der Waals surface area contributed by atoms with Crippen molar-refractivity contribution in [2.24, 2.45) is 0 Å². The molecule has 0 aliphatic rings. The Kier molecular flexibility index (Phi) is 5.53. The van der Waals surface area contributed by atoms with E-state index in [-0.39, 0.29) is 5.97 Å². The van der Waals surface area contributed by atoms with Crippen LogP contribution in [0.3, 0.4) is 0 Å². The number of para-hydroxylation sites is 2. The number of rotatable bonds is 6. The summed E-state index contributed by atoms with van der Waals surface area (Å²) in [5, 5.41) is 3.31. The third kappa shape index (κ3) is 4.49. The van der Waals surface area contributed by atoms with E-state index in [2.05, 4.69) is 15.0 Å². The van der Waals surface area contributed by atoms with Crippen LogP contribution in [0.25, 0.3) is 0 Å². The Morgan fingerprint density at radius 2 is 1.96 bits per heavy atom. The maximum atomic E-state index is 11.5. The van der Waals surface area contributed by atoms with Crippen molar-refractivity contribution in [1.82, 2.24) is 4.98 Å². The minimum Gasteiger partial charge on any atom is -0.465 e. The van der Waals surface area contributed by atoms with E-state index in [0.717, 1.165) is 10.6 Å². The highest BCUT2D eigenvalue weighted by molar-refractivity contribution is 7.15. The van der Waals surface area contributed by atoms with Gasteiger partial charge >= 0.3 is 5.97 Å². The lowest BCUT2D eigenvalue weighted by molar-refractivity contribution is 0.0600. The number of carbonyl (C=O) groups excluding carboxylic acids is 1. The van der Waals surface area contributed by atoms with E-state index in [1.54, 1.807) is 30.5 Å². The summed E-state index contributed by atoms with van der Waals surface area (Å²) in [5.41, 5.74) is 1.33. The molecule has 0 atom stereocenters. The van der Waals surface area contributed by atoms with Gasteiger partial charge in [-0.05, 0) is 36.4 Å². The Bertz CT molecular complexity index is 865. The lowest BCUT2D eigenvalue weighted by Gasteiger charge is -2.12. The van der Waals surface area contributed by atoms with Crippen molar-refractivity contribution in [1.29, 1.82) is 0 Å². The fourth-order valence-corrected chi connectivity index (χ4v) is 3.07. The zero-order valence-electron chi connectivity index (χ0n) is 13.4. The maximum absolute atomic E-state index is 11.5. The summed E-state index contributed by atoms with van der Waals surface area (Å²) in [7, 11) is 1.35. The Hall–Kier alpha value is -2.57. The van der Waals surface area contributed by atoms with Gasteiger partial charge in [-0.25, -0.2) is 9.78 Å². The molecule has 0 saturated heterocycles. The molecule has 2 aromatic carbocycles. The van der Waals surface area contributed by atoms with Crippen LogP contribution in [0.15, 0.2) is 54.7 Å². The van der Waals surface area contributed by atoms with E-state index >= 15 is 0 Å². The number of hydrogen-bond acceptors (Lipinski definition) is 6. The second-order valence-corrected chi connectivity index (χ2v) is 6.74. The Labute approximate surface area is 154 Å². The molecule has 0 fully saturated rings. The van der Waals surface area contributed by atoms with E-state index in [4.69, 9.17) is 16.3 Å². The molecule has 0 saturated carbocycles. The smallest absolute Gasteiger partial charge is 0.337 e. The standard InChI is InChI=1S/C18H15ClN2O3S/c1-23-17(22)12-6-8-13(9-7-12)24-16-5-3-2-4-15(16)20-10-14-11-21-18(19)25-14/h2-9,11,20H,10H2,1H3. The normalized spacial score (nSPS) is 10.3. The topological polar surface area (TPSA) is 60.5 Å². The molecule has 0 radical (unpaired) electrons. The van der Waals surface area contributed by atoms with Crippen LogP contribution in [0.4, 0.5) is 5.69 Å². The number of hydrogen-bond donors (Lipinski definition) is 1. The number of halogens is 1. The van der Waals surface area contributed by atoms with Gasteiger partial charge in [0.1, 0.15) is 5.75 Å². The highest BCUT2D eigenvalue weighted by atomic mass is 35.5. The van der Waals surface area contributed by atoms with Crippen molar-refractivity contribution in [3.05, 3.63) is 69.6 Å². The molecule has 3 rings (SSSR count). The number of carbonyl (C=O) groups is 1. The number of anilines is 1. The molecule has 1 N–H and O–H groups in total. The van der Waals surface area contributed by atoms with Gasteiger partial charge in [0.05, 0.1) is 24.9 Å². The fraction of sp³-hybridized carbons (Fsp3) is 0.111. The first kappa shape index (κ1) is 17.3. The molecule has 0 spiro atoms. The van der Waals surface area contributed by atoms with Crippen LogP contribution in [-0.4, -0.2) is 18.1 Å². The van der Waals surface area contributed by atoms with Crippen LogP contribution in [0.2, 0.25) is 4.47 Å². The maximum Gasteiger partial charge on any atom is 0.337 e. The number of thiazole rings is 1. The van der Waals surface area contributed by atoms with Gasteiger partial charge in [-0.2, -0.15) is 0 Å². The third-order valence-electron chi connectivity index (χ3n) is 3.37. The first-order chi connectivity index (χ1) is 12.2. The number of esters is 1. The number of aromatic nitrogens is 1. The second-order valence-electron chi connectivity index (χ2n) is 5.05. The second kappa shape index (κ2) is 8.00. The van der Waals surface area contributed by atoms with Crippen molar-refractivity contribution in [2.45, 2.75) is 6.54 Å². The lowest BCUT2D eigenvalue weighted by Crippen LogP contribution is -2.01. The number of nitrogens with one attached hydrogen (secondary N) is 1. The van der Waals surface area contributed by atoms with Gasteiger partial charge in [0.2, 0.25) is 0 Å². The minimum atomic E-state index is -0.378. The van der Waals surface area contributed by atoms with Crippen LogP contribution < -0.4 is 10.1 Å². The molecule has 0 amide bonds. The number of benzene rings is 2. The first-order valence-electron chi connectivity index (χ1n) is 7.45. The monoisotopic (exact) mass is 374 g/mol. The summed E-state index contributed by atoms with van der Waals surface area (Å²) in [6.45, 7) is 0.603. The average molecular weight is 375 g/mol. The van der Waals surface area contributed by atoms with E-state index < -0.39 is 0 Å². The molecule has 0 unspecified atom stereocenters. The molecule has 7 heteroatoms. The molecule has 25 heavy (non-hydrogen) atoms. The molecular formula is C18H15ClN2O3S. The van der Waals surface area contributed by atoms with Gasteiger partial charge < -0.3 is 14.8 Å². The minimum absolute atomic E-state index is 0.378. The van der Waals surface area contributed by atoms with E-state index in [1.807, 2.05) is 24.3 Å². The summed E-state index contributed by atoms with van der Waals surface area (Å²) < 4.78 is 11.1. The summed E-state index contributed by atoms with van der Waals surface area (Å²) in [6.07, 6.45) is 1.75. The number of nitrogens with zero attached hydrogens (tertiary/aromatic N) is 1. The number of methoxy groups -OCH3 is 1. The van der Waals surface area contributed by atoms with Gasteiger partial charge in [0, 0.05) is 11.1 Å². The molecule has 1 heterocycles.